The van der Waals surface area contributed by atoms with Crippen molar-refractivity contribution in [3.63, 3.8) is 0 Å². The number of hydrogen-bond donors (Lipinski definition) is 2. The Balaban J connectivity index is 1.19. The zero-order valence-corrected chi connectivity index (χ0v) is 15.4. The molecule has 0 radical (unpaired) electrons. The van der Waals surface area contributed by atoms with Crippen LogP contribution in [0.25, 0.3) is 0 Å². The number of aryl methyl sites for hydroxylation is 1. The zero-order chi connectivity index (χ0) is 18.4. The highest BCUT2D eigenvalue weighted by Crippen LogP contribution is 2.34. The summed E-state index contributed by atoms with van der Waals surface area (Å²) in [5.41, 5.74) is 4.08. The summed E-state index contributed by atoms with van der Waals surface area (Å²) in [7, 11) is 0. The molecule has 1 fully saturated rings. The first-order valence-electron chi connectivity index (χ1n) is 9.95. The highest BCUT2D eigenvalue weighted by molar-refractivity contribution is 5.94. The van der Waals surface area contributed by atoms with Gasteiger partial charge in [0.05, 0.1) is 0 Å². The molecule has 4 heterocycles. The molecule has 1 saturated heterocycles. The van der Waals surface area contributed by atoms with Gasteiger partial charge in [0.15, 0.2) is 5.69 Å². The predicted octanol–water partition coefficient (Wildman–Crippen LogP) is 0.909. The summed E-state index contributed by atoms with van der Waals surface area (Å²) in [4.78, 5) is 27.0. The Morgan fingerprint density at radius 2 is 2.19 bits per heavy atom. The molecule has 2 N–H and O–H groups in total. The molecule has 7 heteroatoms. The van der Waals surface area contributed by atoms with Gasteiger partial charge in [0.25, 0.3) is 11.5 Å². The highest BCUT2D eigenvalue weighted by Gasteiger charge is 2.34. The molecule has 142 valence electrons. The molecular weight excluding hydrogens is 342 g/mol. The molecule has 5 rings (SSSR count). The van der Waals surface area contributed by atoms with Gasteiger partial charge in [-0.1, -0.05) is 6.07 Å². The van der Waals surface area contributed by atoms with Crippen molar-refractivity contribution in [3.8, 4) is 0 Å². The number of fused-ring (bicyclic) bond motifs is 5. The number of aromatic nitrogens is 3. The van der Waals surface area contributed by atoms with E-state index in [4.69, 9.17) is 0 Å². The molecule has 2 aromatic heterocycles. The Kier molecular flexibility index (Phi) is 4.11. The van der Waals surface area contributed by atoms with Crippen LogP contribution in [0.5, 0.6) is 0 Å². The van der Waals surface area contributed by atoms with E-state index >= 15 is 0 Å². The lowest BCUT2D eigenvalue weighted by Crippen LogP contribution is -2.48. The normalized spacial score (nSPS) is 23.7. The SMILES string of the molecule is O=C(NCCN1C[C@H]2C[C@@H](C1)c1cccc(=O)n1C2)c1n[nH]c2c1CCC2. The topological polar surface area (TPSA) is 83.0 Å². The molecule has 0 spiro atoms. The minimum absolute atomic E-state index is 0.0662. The zero-order valence-electron chi connectivity index (χ0n) is 15.4. The van der Waals surface area contributed by atoms with Gasteiger partial charge in [-0.3, -0.25) is 14.7 Å². The predicted molar refractivity (Wildman–Crippen MR) is 101 cm³/mol. The third-order valence-electron chi connectivity index (χ3n) is 6.29. The standard InChI is InChI=1S/C20H25N5O2/c26-18-6-2-5-17-14-9-13(11-25(17)18)10-24(12-14)8-7-21-20(27)19-15-3-1-4-16(15)22-23-19/h2,5-6,13-14H,1,3-4,7-12H2,(H,21,27)(H,22,23)/t13-,14+/m1/s1. The van der Waals surface area contributed by atoms with Gasteiger partial charge in [-0.05, 0) is 37.7 Å². The van der Waals surface area contributed by atoms with Crippen molar-refractivity contribution in [2.45, 2.75) is 38.1 Å². The minimum atomic E-state index is -0.0662. The summed E-state index contributed by atoms with van der Waals surface area (Å²) >= 11 is 0. The molecule has 2 aromatic rings. The first-order chi connectivity index (χ1) is 13.2. The highest BCUT2D eigenvalue weighted by atomic mass is 16.2. The molecule has 1 aliphatic carbocycles. The first kappa shape index (κ1) is 16.7. The van der Waals surface area contributed by atoms with Crippen LogP contribution < -0.4 is 10.9 Å². The summed E-state index contributed by atoms with van der Waals surface area (Å²) in [6, 6.07) is 5.62. The second kappa shape index (κ2) is 6.64. The molecule has 1 amide bonds. The van der Waals surface area contributed by atoms with Gasteiger partial charge in [0.1, 0.15) is 0 Å². The van der Waals surface area contributed by atoms with Crippen LogP contribution in [0.3, 0.4) is 0 Å². The van der Waals surface area contributed by atoms with Gasteiger partial charge >= 0.3 is 0 Å². The fraction of sp³-hybridized carbons (Fsp3) is 0.550. The van der Waals surface area contributed by atoms with Gasteiger partial charge in [-0.25, -0.2) is 0 Å². The number of piperidine rings is 1. The van der Waals surface area contributed by atoms with E-state index < -0.39 is 0 Å². The van der Waals surface area contributed by atoms with E-state index in [2.05, 4.69) is 26.5 Å². The Bertz CT molecular complexity index is 931. The largest absolute Gasteiger partial charge is 0.349 e. The lowest BCUT2D eigenvalue weighted by molar-refractivity contribution is 0.0922. The molecule has 0 unspecified atom stereocenters. The third-order valence-corrected chi connectivity index (χ3v) is 6.29. The number of likely N-dealkylation sites (tertiary alicyclic amines) is 1. The third kappa shape index (κ3) is 3.00. The molecule has 0 aromatic carbocycles. The van der Waals surface area contributed by atoms with Crippen LogP contribution in [-0.2, 0) is 19.4 Å². The lowest BCUT2D eigenvalue weighted by Gasteiger charge is -2.42. The van der Waals surface area contributed by atoms with E-state index in [0.717, 1.165) is 63.1 Å². The molecule has 0 saturated carbocycles. The molecule has 2 bridgehead atoms. The number of H-pyrrole nitrogens is 1. The average Bonchev–Trinajstić information content (AvgIpc) is 3.26. The summed E-state index contributed by atoms with van der Waals surface area (Å²) in [6.07, 6.45) is 4.20. The van der Waals surface area contributed by atoms with E-state index in [1.807, 2.05) is 10.6 Å². The van der Waals surface area contributed by atoms with Crippen LogP contribution in [0.15, 0.2) is 23.0 Å². The van der Waals surface area contributed by atoms with E-state index in [0.29, 0.717) is 24.1 Å². The number of nitrogens with one attached hydrogen (secondary N) is 2. The number of carbonyl (C=O) groups excluding carboxylic acids is 1. The van der Waals surface area contributed by atoms with Crippen LogP contribution in [0.2, 0.25) is 0 Å². The number of pyridine rings is 1. The van der Waals surface area contributed by atoms with Crippen molar-refractivity contribution in [3.05, 3.63) is 51.2 Å². The average molecular weight is 367 g/mol. The van der Waals surface area contributed by atoms with Crippen molar-refractivity contribution in [1.29, 1.82) is 0 Å². The minimum Gasteiger partial charge on any atom is -0.349 e. The lowest BCUT2D eigenvalue weighted by atomic mass is 9.83. The van der Waals surface area contributed by atoms with Crippen LogP contribution in [0.4, 0.5) is 0 Å². The maximum atomic E-state index is 12.5. The van der Waals surface area contributed by atoms with Crippen molar-refractivity contribution in [2.75, 3.05) is 26.2 Å². The quantitative estimate of drug-likeness (QED) is 0.841. The maximum Gasteiger partial charge on any atom is 0.272 e. The number of amides is 1. The summed E-state index contributed by atoms with van der Waals surface area (Å²) in [5.74, 6) is 0.863. The van der Waals surface area contributed by atoms with Gasteiger partial charge < -0.3 is 14.8 Å². The van der Waals surface area contributed by atoms with Crippen molar-refractivity contribution < 1.29 is 4.79 Å². The van der Waals surface area contributed by atoms with E-state index in [1.165, 1.54) is 5.69 Å². The Morgan fingerprint density at radius 3 is 3.11 bits per heavy atom. The number of carbonyl (C=O) groups is 1. The van der Waals surface area contributed by atoms with Crippen LogP contribution in [0, 0.1) is 5.92 Å². The van der Waals surface area contributed by atoms with Crippen molar-refractivity contribution >= 4 is 5.91 Å². The fourth-order valence-corrected chi connectivity index (χ4v) is 5.10. The van der Waals surface area contributed by atoms with Gasteiger partial charge in [0.2, 0.25) is 0 Å². The second-order valence-electron chi connectivity index (χ2n) is 8.10. The van der Waals surface area contributed by atoms with Crippen molar-refractivity contribution in [1.82, 2.24) is 25.0 Å². The monoisotopic (exact) mass is 367 g/mol. The molecule has 3 aliphatic rings. The Hall–Kier alpha value is -2.41. The van der Waals surface area contributed by atoms with Gasteiger partial charge in [-0.15, -0.1) is 0 Å². The number of aromatic amines is 1. The Labute approximate surface area is 157 Å². The van der Waals surface area contributed by atoms with Crippen LogP contribution in [-0.4, -0.2) is 51.8 Å². The summed E-state index contributed by atoms with van der Waals surface area (Å²) < 4.78 is 1.95. The first-order valence-corrected chi connectivity index (χ1v) is 9.95. The van der Waals surface area contributed by atoms with E-state index in [-0.39, 0.29) is 11.5 Å². The molecule has 27 heavy (non-hydrogen) atoms. The fourth-order valence-electron chi connectivity index (χ4n) is 5.10. The molecular formula is C20H25N5O2. The molecule has 2 aliphatic heterocycles. The Morgan fingerprint density at radius 1 is 1.26 bits per heavy atom. The molecule has 2 atom stereocenters. The second-order valence-corrected chi connectivity index (χ2v) is 8.10. The van der Waals surface area contributed by atoms with Gasteiger partial charge in [-0.2, -0.15) is 5.10 Å². The number of rotatable bonds is 4. The smallest absolute Gasteiger partial charge is 0.272 e. The number of nitrogens with zero attached hydrogens (tertiary/aromatic N) is 3. The number of hydrogen-bond acceptors (Lipinski definition) is 4. The maximum absolute atomic E-state index is 12.5. The van der Waals surface area contributed by atoms with Crippen LogP contribution >= 0.6 is 0 Å². The van der Waals surface area contributed by atoms with E-state index in [1.54, 1.807) is 6.07 Å². The summed E-state index contributed by atoms with van der Waals surface area (Å²) in [6.45, 7) is 4.22. The summed E-state index contributed by atoms with van der Waals surface area (Å²) in [5, 5.41) is 10.2. The molecule has 7 nitrogen and oxygen atoms in total. The van der Waals surface area contributed by atoms with Gasteiger partial charge in [0, 0.05) is 61.7 Å². The van der Waals surface area contributed by atoms with Crippen molar-refractivity contribution in [2.24, 2.45) is 5.92 Å². The van der Waals surface area contributed by atoms with E-state index in [9.17, 15) is 9.59 Å². The van der Waals surface area contributed by atoms with Crippen LogP contribution in [0.1, 0.15) is 46.2 Å².